The van der Waals surface area contributed by atoms with E-state index in [1.165, 1.54) is 0 Å². The van der Waals surface area contributed by atoms with Crippen LogP contribution >= 0.6 is 0 Å². The van der Waals surface area contributed by atoms with Crippen molar-refractivity contribution in [3.63, 3.8) is 0 Å². The number of carbonyl (C=O) groups is 1. The minimum Gasteiger partial charge on any atom is -0.530 e. The van der Waals surface area contributed by atoms with Crippen molar-refractivity contribution in [2.45, 2.75) is 13.8 Å². The summed E-state index contributed by atoms with van der Waals surface area (Å²) in [6, 6.07) is 6.88. The lowest BCUT2D eigenvalue weighted by atomic mass is 10.3. The van der Waals surface area contributed by atoms with Crippen LogP contribution in [0, 0.1) is 0 Å². The second kappa shape index (κ2) is 5.24. The van der Waals surface area contributed by atoms with Gasteiger partial charge in [-0.25, -0.2) is 0 Å². The van der Waals surface area contributed by atoms with Gasteiger partial charge in [-0.05, 0) is 38.1 Å². The molecule has 0 fully saturated rings. The third kappa shape index (κ3) is 2.87. The van der Waals surface area contributed by atoms with E-state index in [1.807, 2.05) is 6.92 Å². The van der Waals surface area contributed by atoms with Gasteiger partial charge in [-0.1, -0.05) is 0 Å². The summed E-state index contributed by atoms with van der Waals surface area (Å²) in [5.41, 5.74) is 0.598. The third-order valence-electron chi connectivity index (χ3n) is 2.00. The highest BCUT2D eigenvalue weighted by molar-refractivity contribution is 5.84. The maximum absolute atomic E-state index is 10.7. The molecule has 15 heavy (non-hydrogen) atoms. The van der Waals surface area contributed by atoms with Gasteiger partial charge >= 0.3 is 0 Å². The summed E-state index contributed by atoms with van der Waals surface area (Å²) >= 11 is 0. The first-order chi connectivity index (χ1) is 7.19. The monoisotopic (exact) mass is 208 g/mol. The molecule has 0 spiro atoms. The zero-order valence-electron chi connectivity index (χ0n) is 8.90. The Kier molecular flexibility index (Phi) is 3.97. The van der Waals surface area contributed by atoms with E-state index in [9.17, 15) is 9.90 Å². The molecule has 4 heteroatoms. The normalized spacial score (nSPS) is 9.73. The number of carboxylic acid groups (broad SMARTS) is 1. The summed E-state index contributed by atoms with van der Waals surface area (Å²) in [5.74, 6) is 0.732. The fourth-order valence-electron chi connectivity index (χ4n) is 1.31. The maximum Gasteiger partial charge on any atom is 0.141 e. The fourth-order valence-corrected chi connectivity index (χ4v) is 1.31. The van der Waals surface area contributed by atoms with Crippen molar-refractivity contribution in [2.24, 2.45) is 0 Å². The number of carbonyl (C=O) groups excluding carboxylic acids is 1. The predicted octanol–water partition coefficient (Wildman–Crippen LogP) is 1.25. The molecule has 1 aromatic rings. The molecule has 0 radical (unpaired) electrons. The van der Waals surface area contributed by atoms with Crippen LogP contribution in [0.25, 0.3) is 0 Å². The van der Waals surface area contributed by atoms with E-state index < -0.39 is 6.09 Å². The molecule has 4 nitrogen and oxygen atoms in total. The Morgan fingerprint density at radius 1 is 1.33 bits per heavy atom. The van der Waals surface area contributed by atoms with E-state index in [4.69, 9.17) is 4.74 Å². The lowest BCUT2D eigenvalue weighted by molar-refractivity contribution is -0.246. The molecule has 0 heterocycles. The van der Waals surface area contributed by atoms with Crippen LogP contribution in [0.2, 0.25) is 0 Å². The van der Waals surface area contributed by atoms with Crippen LogP contribution < -0.4 is 14.7 Å². The van der Waals surface area contributed by atoms with E-state index >= 15 is 0 Å². The van der Waals surface area contributed by atoms with E-state index in [0.717, 1.165) is 10.6 Å². The van der Waals surface area contributed by atoms with Crippen LogP contribution in [0.5, 0.6) is 5.75 Å². The highest BCUT2D eigenvalue weighted by Gasteiger charge is 2.04. The fraction of sp³-hybridized carbons (Fsp3) is 0.364. The van der Waals surface area contributed by atoms with E-state index in [-0.39, 0.29) is 0 Å². The summed E-state index contributed by atoms with van der Waals surface area (Å²) in [5, 5.41) is 10.7. The highest BCUT2D eigenvalue weighted by atomic mass is 16.5. The van der Waals surface area contributed by atoms with Crippen molar-refractivity contribution in [3.8, 4) is 5.75 Å². The first kappa shape index (κ1) is 11.4. The number of amides is 1. The Bertz CT molecular complexity index is 321. The standard InChI is InChI=1S/C11H15NO3/c1-3-12(11(13)14)9-5-7-10(8-6-9)15-4-2/h5-8H,3-4H2,1-2H3,(H,13,14)/p-1. The topological polar surface area (TPSA) is 52.6 Å². The van der Waals surface area contributed by atoms with Gasteiger partial charge in [0.2, 0.25) is 0 Å². The van der Waals surface area contributed by atoms with Gasteiger partial charge in [0.1, 0.15) is 11.8 Å². The zero-order chi connectivity index (χ0) is 11.3. The van der Waals surface area contributed by atoms with E-state index in [0.29, 0.717) is 18.8 Å². The summed E-state index contributed by atoms with van der Waals surface area (Å²) < 4.78 is 5.25. The minimum atomic E-state index is -1.19. The molecule has 0 atom stereocenters. The van der Waals surface area contributed by atoms with Crippen LogP contribution in [-0.2, 0) is 0 Å². The SMILES string of the molecule is CCOc1ccc(N(CC)C(=O)[O-])cc1. The summed E-state index contributed by atoms with van der Waals surface area (Å²) in [7, 11) is 0. The van der Waals surface area contributed by atoms with Gasteiger partial charge in [0.25, 0.3) is 0 Å². The van der Waals surface area contributed by atoms with Gasteiger partial charge in [0.05, 0.1) is 6.61 Å². The van der Waals surface area contributed by atoms with Crippen LogP contribution in [0.15, 0.2) is 24.3 Å². The summed E-state index contributed by atoms with van der Waals surface area (Å²) in [4.78, 5) is 11.9. The first-order valence-electron chi connectivity index (χ1n) is 4.90. The van der Waals surface area contributed by atoms with Gasteiger partial charge in [-0.2, -0.15) is 0 Å². The molecule has 0 aliphatic carbocycles. The number of ether oxygens (including phenoxy) is 1. The molecule has 0 saturated carbocycles. The van der Waals surface area contributed by atoms with Gasteiger partial charge in [-0.3, -0.25) is 0 Å². The Hall–Kier alpha value is -1.71. The van der Waals surface area contributed by atoms with Crippen LogP contribution in [0.4, 0.5) is 10.5 Å². The summed E-state index contributed by atoms with van der Waals surface area (Å²) in [6.45, 7) is 4.62. The van der Waals surface area contributed by atoms with E-state index in [1.54, 1.807) is 31.2 Å². The van der Waals surface area contributed by atoms with E-state index in [2.05, 4.69) is 0 Å². The highest BCUT2D eigenvalue weighted by Crippen LogP contribution is 2.18. The molecule has 0 aliphatic rings. The maximum atomic E-state index is 10.7. The van der Waals surface area contributed by atoms with Crippen molar-refractivity contribution < 1.29 is 14.6 Å². The lowest BCUT2D eigenvalue weighted by Gasteiger charge is -2.23. The molecule has 1 amide bonds. The largest absolute Gasteiger partial charge is 0.530 e. The lowest BCUT2D eigenvalue weighted by Crippen LogP contribution is -2.41. The smallest absolute Gasteiger partial charge is 0.141 e. The Balaban J connectivity index is 2.82. The van der Waals surface area contributed by atoms with Crippen LogP contribution in [0.1, 0.15) is 13.8 Å². The number of hydrogen-bond donors (Lipinski definition) is 0. The first-order valence-corrected chi connectivity index (χ1v) is 4.90. The number of nitrogens with zero attached hydrogens (tertiary/aromatic N) is 1. The van der Waals surface area contributed by atoms with Gasteiger partial charge in [0, 0.05) is 12.2 Å². The second-order valence-corrected chi connectivity index (χ2v) is 2.94. The Labute approximate surface area is 89.1 Å². The quantitative estimate of drug-likeness (QED) is 0.748. The molecular formula is C11H14NO3-. The Morgan fingerprint density at radius 2 is 1.93 bits per heavy atom. The minimum absolute atomic E-state index is 0.371. The molecule has 0 bridgehead atoms. The molecule has 0 saturated heterocycles. The number of hydrogen-bond acceptors (Lipinski definition) is 3. The molecule has 0 N–H and O–H groups in total. The molecular weight excluding hydrogens is 194 g/mol. The van der Waals surface area contributed by atoms with Gasteiger partial charge in [0.15, 0.2) is 0 Å². The van der Waals surface area contributed by atoms with Crippen LogP contribution in [0.3, 0.4) is 0 Å². The average Bonchev–Trinajstić information content (AvgIpc) is 2.21. The van der Waals surface area contributed by atoms with Gasteiger partial charge < -0.3 is 19.5 Å². The molecule has 0 aromatic heterocycles. The molecule has 1 aromatic carbocycles. The summed E-state index contributed by atoms with van der Waals surface area (Å²) in [6.07, 6.45) is -1.19. The Morgan fingerprint density at radius 3 is 2.33 bits per heavy atom. The zero-order valence-corrected chi connectivity index (χ0v) is 8.90. The third-order valence-corrected chi connectivity index (χ3v) is 2.00. The number of rotatable bonds is 4. The average molecular weight is 208 g/mol. The molecule has 0 aliphatic heterocycles. The number of anilines is 1. The van der Waals surface area contributed by atoms with Crippen molar-refractivity contribution in [2.75, 3.05) is 18.1 Å². The van der Waals surface area contributed by atoms with Gasteiger partial charge in [-0.15, -0.1) is 0 Å². The predicted molar refractivity (Wildman–Crippen MR) is 56.0 cm³/mol. The molecule has 82 valence electrons. The molecule has 0 unspecified atom stereocenters. The van der Waals surface area contributed by atoms with Crippen LogP contribution in [-0.4, -0.2) is 19.2 Å². The van der Waals surface area contributed by atoms with Crippen molar-refractivity contribution in [1.82, 2.24) is 0 Å². The molecule has 1 rings (SSSR count). The van der Waals surface area contributed by atoms with Crippen molar-refractivity contribution >= 4 is 11.8 Å². The van der Waals surface area contributed by atoms with Crippen molar-refractivity contribution in [3.05, 3.63) is 24.3 Å². The van der Waals surface area contributed by atoms with Crippen molar-refractivity contribution in [1.29, 1.82) is 0 Å². The second-order valence-electron chi connectivity index (χ2n) is 2.94. The number of benzene rings is 1.